The number of hydrogen-bond acceptors (Lipinski definition) is 4. The largest absolute Gasteiger partial charge is 0.324 e. The average molecular weight is 302 g/mol. The number of amides is 2. The molecule has 2 amide bonds. The third-order valence-electron chi connectivity index (χ3n) is 3.56. The lowest BCUT2D eigenvalue weighted by molar-refractivity contribution is 0.206. The minimum absolute atomic E-state index is 0.0938. The molecule has 6 heteroatoms. The van der Waals surface area contributed by atoms with Crippen molar-refractivity contribution in [3.63, 3.8) is 0 Å². The molecule has 1 aromatic carbocycles. The molecule has 0 fully saturated rings. The van der Waals surface area contributed by atoms with Crippen LogP contribution in [0.3, 0.4) is 0 Å². The summed E-state index contributed by atoms with van der Waals surface area (Å²) >= 11 is 1.45. The van der Waals surface area contributed by atoms with E-state index < -0.39 is 0 Å². The quantitative estimate of drug-likeness (QED) is 0.948. The van der Waals surface area contributed by atoms with E-state index in [0.29, 0.717) is 11.7 Å². The van der Waals surface area contributed by atoms with Gasteiger partial charge in [0.1, 0.15) is 5.01 Å². The van der Waals surface area contributed by atoms with E-state index in [1.807, 2.05) is 17.0 Å². The highest BCUT2D eigenvalue weighted by Gasteiger charge is 2.21. The minimum atomic E-state index is -0.0938. The number of aryl methyl sites for hydroxylation is 1. The molecule has 0 aliphatic carbocycles. The van der Waals surface area contributed by atoms with Gasteiger partial charge >= 0.3 is 6.03 Å². The van der Waals surface area contributed by atoms with Gasteiger partial charge in [0.15, 0.2) is 0 Å². The summed E-state index contributed by atoms with van der Waals surface area (Å²) in [6.07, 6.45) is 2.84. The molecule has 0 spiro atoms. The Bertz CT molecular complexity index is 640. The van der Waals surface area contributed by atoms with Gasteiger partial charge in [0.05, 0.1) is 0 Å². The van der Waals surface area contributed by atoms with Gasteiger partial charge in [-0.3, -0.25) is 5.32 Å². The fourth-order valence-corrected chi connectivity index (χ4v) is 3.29. The van der Waals surface area contributed by atoms with Gasteiger partial charge in [-0.1, -0.05) is 42.5 Å². The van der Waals surface area contributed by atoms with Crippen LogP contribution < -0.4 is 5.32 Å². The first-order valence-corrected chi connectivity index (χ1v) is 8.03. The summed E-state index contributed by atoms with van der Waals surface area (Å²) in [7, 11) is 0. The predicted molar refractivity (Wildman–Crippen MR) is 83.5 cm³/mol. The number of hydrogen-bond donors (Lipinski definition) is 1. The topological polar surface area (TPSA) is 58.1 Å². The molecule has 110 valence electrons. The first kappa shape index (κ1) is 14.0. The molecule has 0 saturated carbocycles. The fourth-order valence-electron chi connectivity index (χ4n) is 2.46. The van der Waals surface area contributed by atoms with Gasteiger partial charge in [-0.2, -0.15) is 0 Å². The highest BCUT2D eigenvalue weighted by molar-refractivity contribution is 7.15. The van der Waals surface area contributed by atoms with Gasteiger partial charge in [-0.15, -0.1) is 10.2 Å². The molecular formula is C15H18N4OS. The fraction of sp³-hybridized carbons (Fsp3) is 0.400. The van der Waals surface area contributed by atoms with Crippen molar-refractivity contribution >= 4 is 22.5 Å². The number of carbonyl (C=O) groups is 1. The van der Waals surface area contributed by atoms with Crippen molar-refractivity contribution in [1.29, 1.82) is 0 Å². The van der Waals surface area contributed by atoms with E-state index in [-0.39, 0.29) is 6.03 Å². The molecule has 1 N–H and O–H groups in total. The number of anilines is 1. The molecular weight excluding hydrogens is 284 g/mol. The lowest BCUT2D eigenvalue weighted by Crippen LogP contribution is -2.38. The summed E-state index contributed by atoms with van der Waals surface area (Å²) < 4.78 is 0. The van der Waals surface area contributed by atoms with E-state index in [4.69, 9.17) is 0 Å². The highest BCUT2D eigenvalue weighted by Crippen LogP contribution is 2.21. The summed E-state index contributed by atoms with van der Waals surface area (Å²) in [4.78, 5) is 14.1. The molecule has 0 radical (unpaired) electrons. The van der Waals surface area contributed by atoms with Gasteiger partial charge in [0.2, 0.25) is 5.13 Å². The Labute approximate surface area is 128 Å². The number of aromatic nitrogens is 2. The van der Waals surface area contributed by atoms with Crippen molar-refractivity contribution in [3.05, 3.63) is 40.4 Å². The van der Waals surface area contributed by atoms with Crippen LogP contribution in [0.5, 0.6) is 0 Å². The third kappa shape index (κ3) is 3.21. The number of rotatable bonds is 3. The second-order valence-electron chi connectivity index (χ2n) is 5.12. The maximum absolute atomic E-state index is 12.3. The lowest BCUT2D eigenvalue weighted by atomic mass is 10.0. The monoisotopic (exact) mass is 302 g/mol. The van der Waals surface area contributed by atoms with E-state index in [1.54, 1.807) is 0 Å². The van der Waals surface area contributed by atoms with Gasteiger partial charge < -0.3 is 4.90 Å². The molecule has 1 aromatic heterocycles. The van der Waals surface area contributed by atoms with E-state index >= 15 is 0 Å². The second-order valence-corrected chi connectivity index (χ2v) is 6.18. The Hall–Kier alpha value is -1.95. The summed E-state index contributed by atoms with van der Waals surface area (Å²) in [6, 6.07) is 8.18. The van der Waals surface area contributed by atoms with Gasteiger partial charge in [0, 0.05) is 19.5 Å². The Balaban J connectivity index is 1.63. The van der Waals surface area contributed by atoms with E-state index in [1.165, 1.54) is 22.5 Å². The van der Waals surface area contributed by atoms with Gasteiger partial charge in [0.25, 0.3) is 0 Å². The van der Waals surface area contributed by atoms with Crippen molar-refractivity contribution in [1.82, 2.24) is 15.1 Å². The van der Waals surface area contributed by atoms with E-state index in [2.05, 4.69) is 34.6 Å². The van der Waals surface area contributed by atoms with Gasteiger partial charge in [-0.25, -0.2) is 4.79 Å². The number of nitrogens with one attached hydrogen (secondary N) is 1. The Morgan fingerprint density at radius 2 is 2.14 bits per heavy atom. The van der Waals surface area contributed by atoms with Crippen LogP contribution in [-0.2, 0) is 19.4 Å². The molecule has 2 aromatic rings. The smallest absolute Gasteiger partial charge is 0.320 e. The lowest BCUT2D eigenvalue weighted by Gasteiger charge is -2.28. The zero-order valence-electron chi connectivity index (χ0n) is 12.0. The van der Waals surface area contributed by atoms with Crippen LogP contribution in [0.15, 0.2) is 24.3 Å². The molecule has 0 saturated heterocycles. The van der Waals surface area contributed by atoms with Crippen LogP contribution in [0.25, 0.3) is 0 Å². The number of benzene rings is 1. The van der Waals surface area contributed by atoms with Crippen molar-refractivity contribution < 1.29 is 4.79 Å². The predicted octanol–water partition coefficient (Wildman–Crippen LogP) is 3.08. The normalized spacial score (nSPS) is 13.9. The zero-order valence-corrected chi connectivity index (χ0v) is 12.8. The average Bonchev–Trinajstić information content (AvgIpc) is 2.94. The maximum Gasteiger partial charge on any atom is 0.324 e. The number of urea groups is 1. The number of carbonyl (C=O) groups excluding carboxylic acids is 1. The molecule has 1 aliphatic rings. The van der Waals surface area contributed by atoms with Crippen molar-refractivity contribution in [2.45, 2.75) is 32.7 Å². The Morgan fingerprint density at radius 3 is 2.95 bits per heavy atom. The maximum atomic E-state index is 12.3. The molecule has 0 bridgehead atoms. The summed E-state index contributed by atoms with van der Waals surface area (Å²) in [5.74, 6) is 0. The van der Waals surface area contributed by atoms with Crippen LogP contribution in [-0.4, -0.2) is 27.7 Å². The van der Waals surface area contributed by atoms with E-state index in [0.717, 1.165) is 30.8 Å². The van der Waals surface area contributed by atoms with Crippen molar-refractivity contribution in [3.8, 4) is 0 Å². The first-order chi connectivity index (χ1) is 10.3. The zero-order chi connectivity index (χ0) is 14.7. The highest BCUT2D eigenvalue weighted by atomic mass is 32.1. The SMILES string of the molecule is CCCc1nnc(NC(=O)N2CCc3ccccc3C2)s1. The standard InChI is InChI=1S/C15H18N4OS/c1-2-5-13-17-18-14(21-13)16-15(20)19-9-8-11-6-3-4-7-12(11)10-19/h3-4,6-7H,2,5,8-10H2,1H3,(H,16,18,20). The molecule has 1 aliphatic heterocycles. The number of nitrogens with zero attached hydrogens (tertiary/aromatic N) is 3. The molecule has 3 rings (SSSR count). The Kier molecular flexibility index (Phi) is 4.15. The molecule has 0 atom stereocenters. The molecule has 21 heavy (non-hydrogen) atoms. The summed E-state index contributed by atoms with van der Waals surface area (Å²) in [5, 5.41) is 12.5. The molecule has 0 unspecified atom stereocenters. The Morgan fingerprint density at radius 1 is 1.33 bits per heavy atom. The summed E-state index contributed by atoms with van der Waals surface area (Å²) in [6.45, 7) is 3.50. The van der Waals surface area contributed by atoms with Crippen LogP contribution in [0.4, 0.5) is 9.93 Å². The summed E-state index contributed by atoms with van der Waals surface area (Å²) in [5.41, 5.74) is 2.56. The number of fused-ring (bicyclic) bond motifs is 1. The van der Waals surface area contributed by atoms with Crippen LogP contribution >= 0.6 is 11.3 Å². The second kappa shape index (κ2) is 6.22. The van der Waals surface area contributed by atoms with Gasteiger partial charge in [-0.05, 0) is 24.0 Å². The molecule has 2 heterocycles. The van der Waals surface area contributed by atoms with Crippen LogP contribution in [0.1, 0.15) is 29.5 Å². The van der Waals surface area contributed by atoms with Crippen LogP contribution in [0, 0.1) is 0 Å². The minimum Gasteiger partial charge on any atom is -0.320 e. The van der Waals surface area contributed by atoms with Crippen LogP contribution in [0.2, 0.25) is 0 Å². The molecule has 5 nitrogen and oxygen atoms in total. The van der Waals surface area contributed by atoms with Crippen molar-refractivity contribution in [2.75, 3.05) is 11.9 Å². The van der Waals surface area contributed by atoms with Crippen molar-refractivity contribution in [2.24, 2.45) is 0 Å². The van der Waals surface area contributed by atoms with E-state index in [9.17, 15) is 4.79 Å². The third-order valence-corrected chi connectivity index (χ3v) is 4.46. The first-order valence-electron chi connectivity index (χ1n) is 7.21.